The predicted octanol–water partition coefficient (Wildman–Crippen LogP) is 0.842. The Balaban J connectivity index is 1.51. The molecular formula is C27H46N7O16P3S. The highest BCUT2D eigenvalue weighted by Crippen LogP contribution is 2.61. The molecule has 2 amide bonds. The fraction of sp³-hybridized carbons (Fsp3) is 0.667. The van der Waals surface area contributed by atoms with Crippen molar-refractivity contribution < 1.29 is 75.7 Å². The van der Waals surface area contributed by atoms with Crippen LogP contribution >= 0.6 is 35.2 Å². The topological polar surface area (TPSA) is 347 Å². The Morgan fingerprint density at radius 2 is 1.80 bits per heavy atom. The minimum Gasteiger partial charge on any atom is -0.386 e. The van der Waals surface area contributed by atoms with Crippen LogP contribution < -0.4 is 16.4 Å². The number of phosphoric ester groups is 3. The van der Waals surface area contributed by atoms with E-state index in [2.05, 4.69) is 47.4 Å². The summed E-state index contributed by atoms with van der Waals surface area (Å²) in [5, 5.41) is 26.5. The number of fused-ring (bicyclic) bond motifs is 1. The average Bonchev–Trinajstić information content (AvgIpc) is 3.63. The first-order valence-electron chi connectivity index (χ1n) is 16.2. The molecule has 1 fully saturated rings. The number of amides is 2. The highest BCUT2D eigenvalue weighted by molar-refractivity contribution is 8.03. The van der Waals surface area contributed by atoms with Crippen molar-refractivity contribution in [1.29, 1.82) is 0 Å². The number of nitrogen functional groups attached to an aromatic ring is 1. The maximum Gasteiger partial charge on any atom is 0.481 e. The van der Waals surface area contributed by atoms with Crippen molar-refractivity contribution in [2.45, 2.75) is 77.6 Å². The number of hydrogen-bond donors (Lipinski definition) is 9. The average molecular weight is 850 g/mol. The maximum absolute atomic E-state index is 12.7. The quantitative estimate of drug-likeness (QED) is 0.0585. The molecule has 306 valence electrons. The summed E-state index contributed by atoms with van der Waals surface area (Å²) >= 11 is 1.61. The molecule has 2 unspecified atom stereocenters. The van der Waals surface area contributed by atoms with Gasteiger partial charge in [-0.1, -0.05) is 33.3 Å². The van der Waals surface area contributed by atoms with Crippen molar-refractivity contribution in [3.63, 3.8) is 0 Å². The third-order valence-corrected chi connectivity index (χ3v) is 11.7. The molecule has 1 aliphatic heterocycles. The third-order valence-electron chi connectivity index (χ3n) is 7.55. The van der Waals surface area contributed by atoms with Gasteiger partial charge in [-0.05, 0) is 18.2 Å². The Hall–Kier alpha value is -2.37. The molecule has 0 aromatic carbocycles. The number of nitrogens with one attached hydrogen (secondary N) is 2. The van der Waals surface area contributed by atoms with Crippen molar-refractivity contribution in [1.82, 2.24) is 30.2 Å². The number of allylic oxidation sites excluding steroid dienone is 2. The standard InChI is InChI=1S/C27H46N7O16P3S/c1-5-6-7-16(2)54-11-10-29-18(35)8-9-30-25(38)22(37)27(3,4)13-47-53(44,45)50-52(42,43)46-12-17-21(49-51(39,40)41)20(36)26(48-17)34-15-33-19-23(28)31-14-32-24(19)34/h7,14-15,17,20-22,26,36-37H,5-6,8-13H2,1-4H3,(H,29,35)(H,30,38)(H,42,43)(H,44,45)(H2,28,31,32)(H2,39,40,41)/t17-,20-,21-,22+,26-/m1/s1. The molecule has 1 saturated heterocycles. The Bertz CT molecular complexity index is 1780. The summed E-state index contributed by atoms with van der Waals surface area (Å²) in [6.45, 7) is 4.93. The largest absolute Gasteiger partial charge is 0.481 e. The van der Waals surface area contributed by atoms with Gasteiger partial charge in [0.1, 0.15) is 36.3 Å². The van der Waals surface area contributed by atoms with E-state index in [-0.39, 0.29) is 35.9 Å². The van der Waals surface area contributed by atoms with Gasteiger partial charge in [0, 0.05) is 30.7 Å². The van der Waals surface area contributed by atoms with Crippen LogP contribution in [0.2, 0.25) is 0 Å². The van der Waals surface area contributed by atoms with Gasteiger partial charge in [0.05, 0.1) is 19.5 Å². The number of unbranched alkanes of at least 4 members (excludes halogenated alkanes) is 1. The second kappa shape index (κ2) is 19.7. The predicted molar refractivity (Wildman–Crippen MR) is 191 cm³/mol. The van der Waals surface area contributed by atoms with E-state index in [1.165, 1.54) is 13.8 Å². The molecule has 54 heavy (non-hydrogen) atoms. The fourth-order valence-corrected chi connectivity index (χ4v) is 8.34. The van der Waals surface area contributed by atoms with Crippen LogP contribution in [0.15, 0.2) is 23.6 Å². The number of carbonyl (C=O) groups excluding carboxylic acids is 2. The SMILES string of the molecule is CCCC=C(C)SCCNC(=O)CCNC(=O)[C@H](O)C(C)(C)COP(=O)(O)OP(=O)(O)OC[C@H]1O[C@@H](n2cnc3c(N)ncnc32)[C@H](O)[C@@H]1OP(=O)(O)O. The minimum absolute atomic E-state index is 0.0349. The molecule has 0 spiro atoms. The second-order valence-electron chi connectivity index (χ2n) is 12.5. The van der Waals surface area contributed by atoms with E-state index in [9.17, 15) is 53.1 Å². The number of aliphatic hydroxyl groups is 2. The molecule has 0 radical (unpaired) electrons. The van der Waals surface area contributed by atoms with E-state index in [1.54, 1.807) is 11.8 Å². The lowest BCUT2D eigenvalue weighted by Gasteiger charge is -2.30. The molecule has 1 aliphatic rings. The van der Waals surface area contributed by atoms with E-state index < -0.39 is 78.6 Å². The summed E-state index contributed by atoms with van der Waals surface area (Å²) in [5.41, 5.74) is 4.31. The lowest BCUT2D eigenvalue weighted by atomic mass is 9.87. The Labute approximate surface area is 313 Å². The first-order valence-corrected chi connectivity index (χ1v) is 21.7. The monoisotopic (exact) mass is 849 g/mol. The Kier molecular flexibility index (Phi) is 16.8. The summed E-state index contributed by atoms with van der Waals surface area (Å²) in [6.07, 6.45) is -2.59. The van der Waals surface area contributed by atoms with Gasteiger partial charge < -0.3 is 50.9 Å². The number of phosphoric acid groups is 3. The lowest BCUT2D eigenvalue weighted by Crippen LogP contribution is -2.46. The van der Waals surface area contributed by atoms with E-state index in [4.69, 9.17) is 19.5 Å². The Morgan fingerprint density at radius 3 is 2.46 bits per heavy atom. The van der Waals surface area contributed by atoms with Gasteiger partial charge in [-0.3, -0.25) is 27.7 Å². The molecule has 23 nitrogen and oxygen atoms in total. The van der Waals surface area contributed by atoms with Crippen LogP contribution in [-0.2, 0) is 45.9 Å². The zero-order chi connectivity index (χ0) is 40.5. The summed E-state index contributed by atoms with van der Waals surface area (Å²) in [4.78, 5) is 76.7. The summed E-state index contributed by atoms with van der Waals surface area (Å²) in [7, 11) is -16.3. The van der Waals surface area contributed by atoms with Crippen LogP contribution in [0, 0.1) is 5.41 Å². The van der Waals surface area contributed by atoms with Gasteiger partial charge in [0.15, 0.2) is 17.7 Å². The number of rotatable bonds is 22. The third kappa shape index (κ3) is 14.0. The van der Waals surface area contributed by atoms with Gasteiger partial charge in [0.2, 0.25) is 11.8 Å². The smallest absolute Gasteiger partial charge is 0.386 e. The maximum atomic E-state index is 12.7. The number of imidazole rings is 1. The molecule has 3 heterocycles. The first-order chi connectivity index (χ1) is 25.1. The van der Waals surface area contributed by atoms with Gasteiger partial charge in [-0.2, -0.15) is 4.31 Å². The molecule has 0 aliphatic carbocycles. The number of hydrogen-bond acceptors (Lipinski definition) is 17. The van der Waals surface area contributed by atoms with Crippen LogP contribution in [0.3, 0.4) is 0 Å². The van der Waals surface area contributed by atoms with Crippen LogP contribution in [0.25, 0.3) is 11.2 Å². The molecule has 27 heteroatoms. The second-order valence-corrected chi connectivity index (χ2v) is 18.1. The van der Waals surface area contributed by atoms with Crippen LogP contribution in [0.1, 0.15) is 53.2 Å². The zero-order valence-electron chi connectivity index (χ0n) is 29.7. The van der Waals surface area contributed by atoms with Crippen molar-refractivity contribution in [2.75, 3.05) is 37.8 Å². The Morgan fingerprint density at radius 1 is 1.11 bits per heavy atom. The summed E-state index contributed by atoms with van der Waals surface area (Å²) in [5.74, 6) is -0.631. The zero-order valence-corrected chi connectivity index (χ0v) is 33.2. The van der Waals surface area contributed by atoms with Gasteiger partial charge in [-0.25, -0.2) is 28.6 Å². The molecule has 3 rings (SSSR count). The number of nitrogens with zero attached hydrogens (tertiary/aromatic N) is 4. The number of ether oxygens (including phenoxy) is 1. The molecule has 0 saturated carbocycles. The number of aliphatic hydroxyl groups excluding tert-OH is 2. The number of thioether (sulfide) groups is 1. The van der Waals surface area contributed by atoms with Gasteiger partial charge >= 0.3 is 23.5 Å². The van der Waals surface area contributed by atoms with E-state index in [0.717, 1.165) is 35.0 Å². The van der Waals surface area contributed by atoms with Crippen LogP contribution in [0.4, 0.5) is 5.82 Å². The van der Waals surface area contributed by atoms with Crippen molar-refractivity contribution in [3.8, 4) is 0 Å². The molecule has 7 atom stereocenters. The summed E-state index contributed by atoms with van der Waals surface area (Å²) in [6, 6.07) is 0. The van der Waals surface area contributed by atoms with Crippen molar-refractivity contribution >= 4 is 64.0 Å². The molecule has 0 bridgehead atoms. The van der Waals surface area contributed by atoms with E-state index in [0.29, 0.717) is 12.3 Å². The van der Waals surface area contributed by atoms with Crippen LogP contribution in [0.5, 0.6) is 0 Å². The fourth-order valence-electron chi connectivity index (χ4n) is 4.75. The highest BCUT2D eigenvalue weighted by Gasteiger charge is 2.50. The van der Waals surface area contributed by atoms with Crippen molar-refractivity contribution in [2.24, 2.45) is 5.41 Å². The number of anilines is 1. The number of nitrogens with two attached hydrogens (primary N) is 1. The van der Waals surface area contributed by atoms with Gasteiger partial charge in [-0.15, -0.1) is 11.8 Å². The molecular weight excluding hydrogens is 803 g/mol. The minimum atomic E-state index is -5.55. The van der Waals surface area contributed by atoms with E-state index in [1.807, 2.05) is 6.92 Å². The van der Waals surface area contributed by atoms with Gasteiger partial charge in [0.25, 0.3) is 0 Å². The number of aromatic nitrogens is 4. The molecule has 2 aromatic heterocycles. The van der Waals surface area contributed by atoms with Crippen LogP contribution in [-0.4, -0.2) is 118 Å². The lowest BCUT2D eigenvalue weighted by molar-refractivity contribution is -0.137. The number of carbonyl (C=O) groups is 2. The molecule has 10 N–H and O–H groups in total. The normalized spacial score (nSPS) is 22.4. The van der Waals surface area contributed by atoms with Crippen molar-refractivity contribution in [3.05, 3.63) is 23.6 Å². The first kappa shape index (κ1) is 46.0. The molecule has 2 aromatic rings. The highest BCUT2D eigenvalue weighted by atomic mass is 32.2. The summed E-state index contributed by atoms with van der Waals surface area (Å²) < 4.78 is 62.1. The van der Waals surface area contributed by atoms with E-state index >= 15 is 0 Å².